The maximum atomic E-state index is 12.1. The zero-order valence-electron chi connectivity index (χ0n) is 12.1. The quantitative estimate of drug-likeness (QED) is 0.579. The van der Waals surface area contributed by atoms with Crippen LogP contribution in [-0.4, -0.2) is 59.9 Å². The summed E-state index contributed by atoms with van der Waals surface area (Å²) in [6.45, 7) is 5.33. The molecule has 6 nitrogen and oxygen atoms in total. The van der Waals surface area contributed by atoms with Crippen LogP contribution < -0.4 is 0 Å². The number of ether oxygens (including phenoxy) is 2. The summed E-state index contributed by atoms with van der Waals surface area (Å²) in [6.07, 6.45) is 2.18. The fourth-order valence-electron chi connectivity index (χ4n) is 3.44. The van der Waals surface area contributed by atoms with Crippen LogP contribution in [0.2, 0.25) is 0 Å². The van der Waals surface area contributed by atoms with E-state index < -0.39 is 23.5 Å². The summed E-state index contributed by atoms with van der Waals surface area (Å²) in [5.41, 5.74) is -1.37. The van der Waals surface area contributed by atoms with Crippen LogP contribution >= 0.6 is 0 Å². The summed E-state index contributed by atoms with van der Waals surface area (Å²) in [5.74, 6) is -2.60. The first kappa shape index (κ1) is 15.3. The van der Waals surface area contributed by atoms with Crippen LogP contribution in [-0.2, 0) is 19.1 Å². The van der Waals surface area contributed by atoms with E-state index in [4.69, 9.17) is 9.47 Å². The van der Waals surface area contributed by atoms with Crippen LogP contribution in [0.15, 0.2) is 0 Å². The number of fused-ring (bicyclic) bond motifs is 1. The molecule has 0 amide bonds. The fraction of sp³-hybridized carbons (Fsp3) is 0.857. The Labute approximate surface area is 119 Å². The molecule has 0 bridgehead atoms. The van der Waals surface area contributed by atoms with E-state index in [0.717, 1.165) is 19.4 Å². The van der Waals surface area contributed by atoms with Crippen molar-refractivity contribution in [2.24, 2.45) is 5.92 Å². The lowest BCUT2D eigenvalue weighted by Crippen LogP contribution is -2.54. The van der Waals surface area contributed by atoms with E-state index in [1.807, 2.05) is 0 Å². The van der Waals surface area contributed by atoms with Gasteiger partial charge in [0, 0.05) is 12.6 Å². The van der Waals surface area contributed by atoms with Gasteiger partial charge in [0.25, 0.3) is 0 Å². The van der Waals surface area contributed by atoms with E-state index in [1.165, 1.54) is 0 Å². The van der Waals surface area contributed by atoms with Gasteiger partial charge in [0.2, 0.25) is 0 Å². The monoisotopic (exact) mass is 285 g/mol. The average Bonchev–Trinajstić information content (AvgIpc) is 2.96. The van der Waals surface area contributed by atoms with Crippen LogP contribution in [0.5, 0.6) is 0 Å². The Hall–Kier alpha value is -1.14. The van der Waals surface area contributed by atoms with Crippen molar-refractivity contribution in [3.63, 3.8) is 0 Å². The molecule has 2 fully saturated rings. The van der Waals surface area contributed by atoms with Gasteiger partial charge in [0.05, 0.1) is 13.2 Å². The number of nitrogens with zero attached hydrogens (tertiary/aromatic N) is 1. The Kier molecular flexibility index (Phi) is 4.65. The molecule has 114 valence electrons. The number of carbonyl (C=O) groups is 2. The van der Waals surface area contributed by atoms with Gasteiger partial charge >= 0.3 is 11.9 Å². The molecule has 2 aliphatic rings. The topological polar surface area (TPSA) is 76.1 Å². The van der Waals surface area contributed by atoms with Crippen LogP contribution in [0.3, 0.4) is 0 Å². The molecule has 2 aliphatic heterocycles. The van der Waals surface area contributed by atoms with Crippen LogP contribution in [0.25, 0.3) is 0 Å². The summed E-state index contributed by atoms with van der Waals surface area (Å²) in [7, 11) is 0. The van der Waals surface area contributed by atoms with Gasteiger partial charge in [-0.1, -0.05) is 0 Å². The third kappa shape index (κ3) is 2.54. The molecule has 20 heavy (non-hydrogen) atoms. The summed E-state index contributed by atoms with van der Waals surface area (Å²) in [6, 6.07) is -0.152. The molecule has 0 aromatic carbocycles. The fourth-order valence-corrected chi connectivity index (χ4v) is 3.44. The molecule has 0 aromatic rings. The highest BCUT2D eigenvalue weighted by Gasteiger charge is 2.58. The zero-order chi connectivity index (χ0) is 14.8. The maximum Gasteiger partial charge on any atom is 0.323 e. The predicted molar refractivity (Wildman–Crippen MR) is 70.9 cm³/mol. The number of hydrogen-bond acceptors (Lipinski definition) is 6. The summed E-state index contributed by atoms with van der Waals surface area (Å²) in [5, 5.41) is 11.0. The molecule has 0 saturated carbocycles. The lowest BCUT2D eigenvalue weighted by Gasteiger charge is -2.34. The smallest absolute Gasteiger partial charge is 0.323 e. The van der Waals surface area contributed by atoms with Crippen molar-refractivity contribution < 1.29 is 24.2 Å². The third-order valence-corrected chi connectivity index (χ3v) is 4.28. The Morgan fingerprint density at radius 3 is 2.40 bits per heavy atom. The molecule has 2 saturated heterocycles. The number of rotatable bonds is 5. The highest BCUT2D eigenvalue weighted by molar-refractivity contribution is 5.96. The van der Waals surface area contributed by atoms with Crippen molar-refractivity contribution in [1.82, 2.24) is 4.90 Å². The van der Waals surface area contributed by atoms with Crippen LogP contribution in [0.1, 0.15) is 33.1 Å². The van der Waals surface area contributed by atoms with Gasteiger partial charge in [-0.2, -0.15) is 0 Å². The van der Waals surface area contributed by atoms with E-state index >= 15 is 0 Å². The van der Waals surface area contributed by atoms with E-state index in [-0.39, 0.29) is 19.3 Å². The van der Waals surface area contributed by atoms with Crippen LogP contribution in [0, 0.1) is 5.92 Å². The molecule has 0 aliphatic carbocycles. The van der Waals surface area contributed by atoms with Crippen molar-refractivity contribution in [3.05, 3.63) is 0 Å². The lowest BCUT2D eigenvalue weighted by atomic mass is 9.80. The van der Waals surface area contributed by atoms with Crippen LogP contribution in [0.4, 0.5) is 0 Å². The molecule has 2 unspecified atom stereocenters. The number of hydrogen-bond donors (Lipinski definition) is 1. The Balaban J connectivity index is 2.25. The molecule has 0 aromatic heterocycles. The molecule has 2 atom stereocenters. The Morgan fingerprint density at radius 1 is 1.25 bits per heavy atom. The second-order valence-corrected chi connectivity index (χ2v) is 5.37. The molecule has 6 heteroatoms. The second-order valence-electron chi connectivity index (χ2n) is 5.37. The van der Waals surface area contributed by atoms with Crippen molar-refractivity contribution in [2.45, 2.75) is 44.8 Å². The third-order valence-electron chi connectivity index (χ3n) is 4.28. The molecule has 0 spiro atoms. The van der Waals surface area contributed by atoms with Gasteiger partial charge in [-0.05, 0) is 39.7 Å². The minimum Gasteiger partial charge on any atom is -0.465 e. The van der Waals surface area contributed by atoms with E-state index in [1.54, 1.807) is 13.8 Å². The van der Waals surface area contributed by atoms with E-state index in [0.29, 0.717) is 13.0 Å². The highest BCUT2D eigenvalue weighted by atomic mass is 16.6. The van der Waals surface area contributed by atoms with Gasteiger partial charge in [-0.25, -0.2) is 0 Å². The molecule has 2 heterocycles. The van der Waals surface area contributed by atoms with E-state index in [9.17, 15) is 14.7 Å². The van der Waals surface area contributed by atoms with Crippen molar-refractivity contribution in [1.29, 1.82) is 0 Å². The van der Waals surface area contributed by atoms with E-state index in [2.05, 4.69) is 4.90 Å². The Morgan fingerprint density at radius 2 is 1.85 bits per heavy atom. The number of esters is 2. The SMILES string of the molecule is CCOC(=O)C(C(=O)OCC)C1(O)CCN2CCCC21. The minimum absolute atomic E-state index is 0.152. The van der Waals surface area contributed by atoms with Crippen molar-refractivity contribution in [2.75, 3.05) is 26.3 Å². The summed E-state index contributed by atoms with van der Waals surface area (Å²) < 4.78 is 9.96. The van der Waals surface area contributed by atoms with Gasteiger partial charge in [-0.15, -0.1) is 0 Å². The molecular formula is C14H23NO5. The summed E-state index contributed by atoms with van der Waals surface area (Å²) >= 11 is 0. The first-order valence-corrected chi connectivity index (χ1v) is 7.34. The van der Waals surface area contributed by atoms with Gasteiger partial charge in [-0.3, -0.25) is 14.5 Å². The molecular weight excluding hydrogens is 262 g/mol. The largest absolute Gasteiger partial charge is 0.465 e. The minimum atomic E-state index is -1.37. The molecule has 1 N–H and O–H groups in total. The van der Waals surface area contributed by atoms with Gasteiger partial charge < -0.3 is 14.6 Å². The lowest BCUT2D eigenvalue weighted by molar-refractivity contribution is -0.176. The van der Waals surface area contributed by atoms with Gasteiger partial charge in [0.15, 0.2) is 5.92 Å². The number of carbonyl (C=O) groups excluding carboxylic acids is 2. The normalized spacial score (nSPS) is 29.5. The second kappa shape index (κ2) is 6.10. The summed E-state index contributed by atoms with van der Waals surface area (Å²) in [4.78, 5) is 26.4. The first-order valence-electron chi connectivity index (χ1n) is 7.34. The number of aliphatic hydroxyl groups is 1. The Bertz CT molecular complexity index is 368. The highest BCUT2D eigenvalue weighted by Crippen LogP contribution is 2.41. The molecule has 2 rings (SSSR count). The molecule has 0 radical (unpaired) electrons. The van der Waals surface area contributed by atoms with Crippen molar-refractivity contribution in [3.8, 4) is 0 Å². The van der Waals surface area contributed by atoms with Crippen molar-refractivity contribution >= 4 is 11.9 Å². The predicted octanol–water partition coefficient (Wildman–Crippen LogP) is 0.328. The first-order chi connectivity index (χ1) is 9.54. The van der Waals surface area contributed by atoms with Gasteiger partial charge in [0.1, 0.15) is 5.60 Å². The standard InChI is InChI=1S/C14H23NO5/c1-3-19-12(16)11(13(17)20-4-2)14(18)7-9-15-8-5-6-10(14)15/h10-11,18H,3-9H2,1-2H3. The average molecular weight is 285 g/mol. The maximum absolute atomic E-state index is 12.1. The zero-order valence-corrected chi connectivity index (χ0v) is 12.1.